The lowest BCUT2D eigenvalue weighted by molar-refractivity contribution is -0.136. The first-order valence-electron chi connectivity index (χ1n) is 12.6. The monoisotopic (exact) mass is 506 g/mol. The first-order valence-corrected chi connectivity index (χ1v) is 13.5. The molecule has 0 radical (unpaired) electrons. The average Bonchev–Trinajstić information content (AvgIpc) is 3.47. The number of benzene rings is 1. The van der Waals surface area contributed by atoms with Gasteiger partial charge in [-0.3, -0.25) is 9.69 Å². The van der Waals surface area contributed by atoms with Crippen LogP contribution < -0.4 is 5.32 Å². The molecule has 0 bridgehead atoms. The highest BCUT2D eigenvalue weighted by atomic mass is 32.1. The van der Waals surface area contributed by atoms with Crippen molar-refractivity contribution in [3.8, 4) is 0 Å². The third-order valence-electron chi connectivity index (χ3n) is 6.63. The van der Waals surface area contributed by atoms with E-state index in [0.29, 0.717) is 31.2 Å². The first kappa shape index (κ1) is 27.7. The molecule has 0 aliphatic carbocycles. The molecular weight excluding hydrogens is 467 g/mol. The van der Waals surface area contributed by atoms with Gasteiger partial charge in [0.15, 0.2) is 0 Å². The minimum absolute atomic E-state index is 0.106. The molecule has 8 heteroatoms. The van der Waals surface area contributed by atoms with Crippen LogP contribution in [0.15, 0.2) is 29.6 Å². The summed E-state index contributed by atoms with van der Waals surface area (Å²) in [6.45, 7) is 6.19. The minimum atomic E-state index is -0.801. The van der Waals surface area contributed by atoms with E-state index in [1.165, 1.54) is 0 Å². The molecule has 1 saturated heterocycles. The standard InChI is InChI=1S/C27H39FN2O4S/c1-3-5-25(23-11-13-35-26(23)9-10-27(32)33)34-17-22(31)16-29-18-30-12-4-6-21(30)14-20-8-7-19(2)24(28)15-20/h7-8,11,13,15,21-22,25,29,31H,3-6,9-10,12,14,16-18H2,1-2H3,(H,32,33)/t21-,22+,25?/m0/s1. The number of rotatable bonds is 15. The lowest BCUT2D eigenvalue weighted by atomic mass is 10.0. The second-order valence-electron chi connectivity index (χ2n) is 9.47. The third-order valence-corrected chi connectivity index (χ3v) is 7.63. The van der Waals surface area contributed by atoms with Gasteiger partial charge in [-0.25, -0.2) is 4.39 Å². The number of hydrogen-bond donors (Lipinski definition) is 3. The number of carbonyl (C=O) groups is 1. The summed E-state index contributed by atoms with van der Waals surface area (Å²) in [6, 6.07) is 7.88. The normalized spacial score (nSPS) is 18.1. The molecule has 3 rings (SSSR count). The Morgan fingerprint density at radius 1 is 1.37 bits per heavy atom. The van der Waals surface area contributed by atoms with Crippen LogP contribution in [-0.4, -0.2) is 59.6 Å². The van der Waals surface area contributed by atoms with Gasteiger partial charge in [0.1, 0.15) is 5.82 Å². The second kappa shape index (κ2) is 14.0. The van der Waals surface area contributed by atoms with Crippen molar-refractivity contribution >= 4 is 17.3 Å². The van der Waals surface area contributed by atoms with E-state index in [0.717, 1.165) is 54.7 Å². The van der Waals surface area contributed by atoms with Crippen molar-refractivity contribution < 1.29 is 24.1 Å². The molecule has 194 valence electrons. The number of aliphatic hydroxyl groups excluding tert-OH is 1. The molecule has 3 N–H and O–H groups in total. The summed E-state index contributed by atoms with van der Waals surface area (Å²) in [5, 5.41) is 24.9. The zero-order valence-corrected chi connectivity index (χ0v) is 21.7. The van der Waals surface area contributed by atoms with Crippen molar-refractivity contribution in [2.45, 2.75) is 77.0 Å². The van der Waals surface area contributed by atoms with Crippen molar-refractivity contribution in [2.75, 3.05) is 26.4 Å². The number of aliphatic hydroxyl groups is 1. The Balaban J connectivity index is 1.43. The quantitative estimate of drug-likeness (QED) is 0.325. The van der Waals surface area contributed by atoms with Crippen molar-refractivity contribution in [1.82, 2.24) is 10.2 Å². The van der Waals surface area contributed by atoms with Crippen molar-refractivity contribution in [1.29, 1.82) is 0 Å². The van der Waals surface area contributed by atoms with Gasteiger partial charge >= 0.3 is 5.97 Å². The topological polar surface area (TPSA) is 82.0 Å². The SMILES string of the molecule is CCCC(OC[C@H](O)CNCN1CCC[C@H]1Cc1ccc(C)c(F)c1)c1ccsc1CCC(=O)O. The summed E-state index contributed by atoms with van der Waals surface area (Å²) in [7, 11) is 0. The lowest BCUT2D eigenvalue weighted by Gasteiger charge is -2.26. The third kappa shape index (κ3) is 8.65. The Morgan fingerprint density at radius 3 is 2.94 bits per heavy atom. The summed E-state index contributed by atoms with van der Waals surface area (Å²) in [6.07, 6.45) is 4.64. The van der Waals surface area contributed by atoms with Crippen molar-refractivity contribution in [3.05, 3.63) is 57.0 Å². The van der Waals surface area contributed by atoms with Crippen LogP contribution >= 0.6 is 11.3 Å². The van der Waals surface area contributed by atoms with Crippen LogP contribution in [0.3, 0.4) is 0 Å². The number of likely N-dealkylation sites (tertiary alicyclic amines) is 1. The summed E-state index contributed by atoms with van der Waals surface area (Å²) in [5.74, 6) is -0.948. The van der Waals surface area contributed by atoms with Crippen LogP contribution in [0.1, 0.15) is 66.7 Å². The highest BCUT2D eigenvalue weighted by Crippen LogP contribution is 2.31. The molecule has 1 aromatic heterocycles. The van der Waals surface area contributed by atoms with Gasteiger partial charge in [-0.05, 0) is 79.8 Å². The molecule has 1 unspecified atom stereocenters. The van der Waals surface area contributed by atoms with Gasteiger partial charge in [0.05, 0.1) is 25.2 Å². The zero-order chi connectivity index (χ0) is 25.2. The molecule has 0 spiro atoms. The number of nitrogens with zero attached hydrogens (tertiary/aromatic N) is 1. The van der Waals surface area contributed by atoms with Gasteiger partial charge in [0.25, 0.3) is 0 Å². The number of carboxylic acids is 1. The maximum absolute atomic E-state index is 13.9. The fourth-order valence-corrected chi connectivity index (χ4v) is 5.62. The zero-order valence-electron chi connectivity index (χ0n) is 20.8. The molecule has 0 saturated carbocycles. The molecule has 1 aliphatic heterocycles. The molecular formula is C27H39FN2O4S. The van der Waals surface area contributed by atoms with Gasteiger partial charge in [-0.15, -0.1) is 11.3 Å². The first-order chi connectivity index (χ1) is 16.9. The molecule has 35 heavy (non-hydrogen) atoms. The largest absolute Gasteiger partial charge is 0.481 e. The highest BCUT2D eigenvalue weighted by Gasteiger charge is 2.25. The fraction of sp³-hybridized carbons (Fsp3) is 0.593. The second-order valence-corrected chi connectivity index (χ2v) is 10.5. The average molecular weight is 507 g/mol. The van der Waals surface area contributed by atoms with Gasteiger partial charge in [-0.2, -0.15) is 0 Å². The number of hydrogen-bond acceptors (Lipinski definition) is 6. The van der Waals surface area contributed by atoms with E-state index in [9.17, 15) is 14.3 Å². The Morgan fingerprint density at radius 2 is 2.20 bits per heavy atom. The van der Waals surface area contributed by atoms with Crippen LogP contribution in [0.5, 0.6) is 0 Å². The number of carboxylic acid groups (broad SMARTS) is 1. The van der Waals surface area contributed by atoms with E-state index < -0.39 is 12.1 Å². The van der Waals surface area contributed by atoms with E-state index in [1.807, 2.05) is 23.6 Å². The fourth-order valence-electron chi connectivity index (χ4n) is 4.68. The minimum Gasteiger partial charge on any atom is -0.481 e. The Kier molecular flexibility index (Phi) is 11.1. The van der Waals surface area contributed by atoms with E-state index in [1.54, 1.807) is 24.3 Å². The Bertz CT molecular complexity index is 938. The molecule has 2 heterocycles. The highest BCUT2D eigenvalue weighted by molar-refractivity contribution is 7.10. The summed E-state index contributed by atoms with van der Waals surface area (Å²) >= 11 is 1.57. The van der Waals surface area contributed by atoms with Crippen LogP contribution in [0.2, 0.25) is 0 Å². The number of nitrogens with one attached hydrogen (secondary N) is 1. The number of ether oxygens (including phenoxy) is 1. The van der Waals surface area contributed by atoms with Crippen LogP contribution in [0, 0.1) is 12.7 Å². The number of halogens is 1. The Labute approximate surface area is 212 Å². The maximum atomic E-state index is 13.9. The summed E-state index contributed by atoms with van der Waals surface area (Å²) in [5.41, 5.74) is 2.74. The molecule has 3 atom stereocenters. The Hall–Kier alpha value is -1.84. The van der Waals surface area contributed by atoms with E-state index in [-0.39, 0.29) is 24.9 Å². The maximum Gasteiger partial charge on any atom is 0.303 e. The van der Waals surface area contributed by atoms with Crippen LogP contribution in [0.25, 0.3) is 0 Å². The lowest BCUT2D eigenvalue weighted by Crippen LogP contribution is -2.42. The van der Waals surface area contributed by atoms with Crippen molar-refractivity contribution in [2.24, 2.45) is 0 Å². The molecule has 0 amide bonds. The van der Waals surface area contributed by atoms with Gasteiger partial charge < -0.3 is 20.3 Å². The van der Waals surface area contributed by atoms with Gasteiger partial charge in [0, 0.05) is 24.1 Å². The van der Waals surface area contributed by atoms with Crippen LogP contribution in [0.4, 0.5) is 4.39 Å². The smallest absolute Gasteiger partial charge is 0.303 e. The predicted octanol–water partition coefficient (Wildman–Crippen LogP) is 4.69. The summed E-state index contributed by atoms with van der Waals surface area (Å²) in [4.78, 5) is 14.4. The van der Waals surface area contributed by atoms with Crippen molar-refractivity contribution in [3.63, 3.8) is 0 Å². The molecule has 1 aromatic carbocycles. The molecule has 6 nitrogen and oxygen atoms in total. The molecule has 1 aliphatic rings. The molecule has 2 aromatic rings. The van der Waals surface area contributed by atoms with E-state index >= 15 is 0 Å². The van der Waals surface area contributed by atoms with E-state index in [2.05, 4.69) is 17.1 Å². The van der Waals surface area contributed by atoms with Gasteiger partial charge in [-0.1, -0.05) is 25.5 Å². The van der Waals surface area contributed by atoms with Gasteiger partial charge in [0.2, 0.25) is 0 Å². The molecule has 1 fully saturated rings. The summed E-state index contributed by atoms with van der Waals surface area (Å²) < 4.78 is 20.0. The number of thiophene rings is 1. The number of aliphatic carboxylic acids is 1. The van der Waals surface area contributed by atoms with Crippen LogP contribution in [-0.2, 0) is 22.4 Å². The van der Waals surface area contributed by atoms with E-state index in [4.69, 9.17) is 9.84 Å². The number of aryl methyl sites for hydroxylation is 2. The predicted molar refractivity (Wildman–Crippen MR) is 137 cm³/mol.